The minimum Gasteiger partial charge on any atom is -0.377 e. The van der Waals surface area contributed by atoms with Crippen molar-refractivity contribution in [2.24, 2.45) is 5.73 Å². The molecule has 2 aromatic carbocycles. The van der Waals surface area contributed by atoms with E-state index in [1.807, 2.05) is 37.3 Å². The maximum Gasteiger partial charge on any atom is 0.126 e. The third kappa shape index (κ3) is 3.32. The van der Waals surface area contributed by atoms with Gasteiger partial charge in [-0.2, -0.15) is 0 Å². The Morgan fingerprint density at radius 2 is 1.95 bits per heavy atom. The number of nitrogens with one attached hydrogen (secondary N) is 1. The second-order valence-electron chi connectivity index (χ2n) is 4.81. The quantitative estimate of drug-likeness (QED) is 0.880. The number of benzene rings is 2. The number of nitrogens with two attached hydrogens (primary N) is 1. The smallest absolute Gasteiger partial charge is 0.126 e. The molecule has 2 aromatic rings. The van der Waals surface area contributed by atoms with E-state index in [9.17, 15) is 4.39 Å². The van der Waals surface area contributed by atoms with Gasteiger partial charge < -0.3 is 11.1 Å². The van der Waals surface area contributed by atoms with Gasteiger partial charge in [0.25, 0.3) is 0 Å². The van der Waals surface area contributed by atoms with Crippen LogP contribution >= 0.6 is 0 Å². The molecule has 0 aliphatic rings. The first-order valence-corrected chi connectivity index (χ1v) is 6.39. The van der Waals surface area contributed by atoms with E-state index in [-0.39, 0.29) is 11.9 Å². The predicted molar refractivity (Wildman–Crippen MR) is 77.7 cm³/mol. The van der Waals surface area contributed by atoms with Gasteiger partial charge in [0.15, 0.2) is 0 Å². The Bertz CT molecular complexity index is 566. The number of hydrogen-bond donors (Lipinski definition) is 2. The van der Waals surface area contributed by atoms with E-state index in [1.165, 1.54) is 5.56 Å². The maximum absolute atomic E-state index is 13.6. The fraction of sp³-hybridized carbons (Fsp3) is 0.250. The van der Waals surface area contributed by atoms with Crippen molar-refractivity contribution in [3.05, 3.63) is 65.0 Å². The first kappa shape index (κ1) is 13.6. The van der Waals surface area contributed by atoms with Crippen LogP contribution in [0.25, 0.3) is 0 Å². The van der Waals surface area contributed by atoms with Crippen molar-refractivity contribution in [3.63, 3.8) is 0 Å². The van der Waals surface area contributed by atoms with Crippen LogP contribution in [-0.4, -0.2) is 6.54 Å². The highest BCUT2D eigenvalue weighted by Crippen LogP contribution is 2.21. The van der Waals surface area contributed by atoms with Crippen molar-refractivity contribution >= 4 is 5.69 Å². The average Bonchev–Trinajstić information content (AvgIpc) is 2.39. The molecule has 0 radical (unpaired) electrons. The maximum atomic E-state index is 13.6. The Morgan fingerprint density at radius 3 is 2.58 bits per heavy atom. The van der Waals surface area contributed by atoms with Crippen molar-refractivity contribution in [2.45, 2.75) is 19.9 Å². The van der Waals surface area contributed by atoms with Gasteiger partial charge in [0, 0.05) is 12.2 Å². The molecule has 3 N–H and O–H groups in total. The second-order valence-corrected chi connectivity index (χ2v) is 4.81. The van der Waals surface area contributed by atoms with Gasteiger partial charge >= 0.3 is 0 Å². The zero-order chi connectivity index (χ0) is 13.8. The molecule has 1 unspecified atom stereocenters. The lowest BCUT2D eigenvalue weighted by atomic mass is 10.0. The van der Waals surface area contributed by atoms with E-state index in [0.29, 0.717) is 12.1 Å². The minimum absolute atomic E-state index is 0.0862. The molecule has 0 saturated heterocycles. The first-order chi connectivity index (χ1) is 9.10. The Balaban J connectivity index is 2.22. The van der Waals surface area contributed by atoms with Crippen LogP contribution in [0.4, 0.5) is 10.1 Å². The van der Waals surface area contributed by atoms with Crippen molar-refractivity contribution < 1.29 is 4.39 Å². The predicted octanol–water partition coefficient (Wildman–Crippen LogP) is 3.55. The van der Waals surface area contributed by atoms with Gasteiger partial charge in [-0.05, 0) is 48.7 Å². The number of hydrogen-bond acceptors (Lipinski definition) is 2. The molecule has 2 rings (SSSR count). The first-order valence-electron chi connectivity index (χ1n) is 6.39. The van der Waals surface area contributed by atoms with Crippen LogP contribution in [-0.2, 0) is 0 Å². The molecule has 3 heteroatoms. The zero-order valence-electron chi connectivity index (χ0n) is 11.3. The summed E-state index contributed by atoms with van der Waals surface area (Å²) in [7, 11) is 0. The van der Waals surface area contributed by atoms with Crippen LogP contribution in [0.3, 0.4) is 0 Å². The van der Waals surface area contributed by atoms with Gasteiger partial charge in [0.05, 0.1) is 6.04 Å². The second kappa shape index (κ2) is 5.85. The minimum atomic E-state index is -0.193. The zero-order valence-corrected chi connectivity index (χ0v) is 11.3. The van der Waals surface area contributed by atoms with Gasteiger partial charge in [0.1, 0.15) is 5.82 Å². The fourth-order valence-electron chi connectivity index (χ4n) is 2.04. The van der Waals surface area contributed by atoms with Gasteiger partial charge in [-0.3, -0.25) is 0 Å². The van der Waals surface area contributed by atoms with Crippen molar-refractivity contribution in [3.8, 4) is 0 Å². The van der Waals surface area contributed by atoms with Crippen LogP contribution in [0, 0.1) is 19.7 Å². The largest absolute Gasteiger partial charge is 0.377 e. The molecule has 1 atom stereocenters. The lowest BCUT2D eigenvalue weighted by Gasteiger charge is -2.19. The summed E-state index contributed by atoms with van der Waals surface area (Å²) in [4.78, 5) is 0. The average molecular weight is 258 g/mol. The van der Waals surface area contributed by atoms with Crippen molar-refractivity contribution in [1.29, 1.82) is 0 Å². The molecule has 0 aliphatic heterocycles. The molecule has 0 amide bonds. The lowest BCUT2D eigenvalue weighted by Crippen LogP contribution is -2.20. The number of halogens is 1. The van der Waals surface area contributed by atoms with Gasteiger partial charge in [-0.25, -0.2) is 4.39 Å². The molecular formula is C16H19FN2. The molecule has 2 nitrogen and oxygen atoms in total. The van der Waals surface area contributed by atoms with Crippen LogP contribution in [0.15, 0.2) is 42.5 Å². The number of aryl methyl sites for hydroxylation is 2. The van der Waals surface area contributed by atoms with Crippen LogP contribution < -0.4 is 11.1 Å². The highest BCUT2D eigenvalue weighted by atomic mass is 19.1. The highest BCUT2D eigenvalue weighted by Gasteiger charge is 2.11. The molecule has 0 aliphatic carbocycles. The molecule has 0 saturated carbocycles. The Hall–Kier alpha value is -1.87. The summed E-state index contributed by atoms with van der Waals surface area (Å²) in [6.07, 6.45) is 0. The van der Waals surface area contributed by atoms with E-state index in [1.54, 1.807) is 19.1 Å². The normalized spacial score (nSPS) is 12.2. The van der Waals surface area contributed by atoms with E-state index < -0.39 is 0 Å². The molecule has 0 bridgehead atoms. The Kier molecular flexibility index (Phi) is 4.17. The third-order valence-corrected chi connectivity index (χ3v) is 3.19. The standard InChI is InChI=1S/C16H19FN2/c1-11-4-3-5-14(8-11)19-16(10-18)13-7-6-12(2)15(17)9-13/h3-9,16,19H,10,18H2,1-2H3. The molecule has 100 valence electrons. The summed E-state index contributed by atoms with van der Waals surface area (Å²) < 4.78 is 13.6. The number of rotatable bonds is 4. The van der Waals surface area contributed by atoms with Crippen molar-refractivity contribution in [2.75, 3.05) is 11.9 Å². The van der Waals surface area contributed by atoms with Gasteiger partial charge in [-0.15, -0.1) is 0 Å². The lowest BCUT2D eigenvalue weighted by molar-refractivity contribution is 0.613. The molecule has 0 spiro atoms. The molecule has 0 fully saturated rings. The molecule has 19 heavy (non-hydrogen) atoms. The molecular weight excluding hydrogens is 239 g/mol. The van der Waals surface area contributed by atoms with Gasteiger partial charge in [-0.1, -0.05) is 24.3 Å². The number of anilines is 1. The van der Waals surface area contributed by atoms with E-state index in [4.69, 9.17) is 5.73 Å². The van der Waals surface area contributed by atoms with Gasteiger partial charge in [0.2, 0.25) is 0 Å². The third-order valence-electron chi connectivity index (χ3n) is 3.19. The summed E-state index contributed by atoms with van der Waals surface area (Å²) in [6, 6.07) is 13.2. The van der Waals surface area contributed by atoms with Crippen LogP contribution in [0.5, 0.6) is 0 Å². The Morgan fingerprint density at radius 1 is 1.16 bits per heavy atom. The Labute approximate surface area is 113 Å². The SMILES string of the molecule is Cc1cccc(NC(CN)c2ccc(C)c(F)c2)c1. The molecule has 0 heterocycles. The van der Waals surface area contributed by atoms with E-state index in [0.717, 1.165) is 11.3 Å². The monoisotopic (exact) mass is 258 g/mol. The summed E-state index contributed by atoms with van der Waals surface area (Å²) >= 11 is 0. The van der Waals surface area contributed by atoms with Crippen molar-refractivity contribution in [1.82, 2.24) is 0 Å². The highest BCUT2D eigenvalue weighted by molar-refractivity contribution is 5.48. The van der Waals surface area contributed by atoms with Crippen LogP contribution in [0.1, 0.15) is 22.7 Å². The van der Waals surface area contributed by atoms with E-state index in [2.05, 4.69) is 5.32 Å². The topological polar surface area (TPSA) is 38.0 Å². The summed E-state index contributed by atoms with van der Waals surface area (Å²) in [5, 5.41) is 3.34. The summed E-state index contributed by atoms with van der Waals surface area (Å²) in [5.41, 5.74) is 9.48. The van der Waals surface area contributed by atoms with E-state index >= 15 is 0 Å². The fourth-order valence-corrected chi connectivity index (χ4v) is 2.04. The molecule has 0 aromatic heterocycles. The summed E-state index contributed by atoms with van der Waals surface area (Å²) in [5.74, 6) is -0.193. The van der Waals surface area contributed by atoms with Crippen LogP contribution in [0.2, 0.25) is 0 Å². The summed E-state index contributed by atoms with van der Waals surface area (Å²) in [6.45, 7) is 4.20.